The number of nitrogens with zero attached hydrogens (tertiary/aromatic N) is 2. The fourth-order valence-electron chi connectivity index (χ4n) is 2.63. The monoisotopic (exact) mass is 302 g/mol. The molecule has 2 rings (SSSR count). The standard InChI is InChI=1S/C17H26N4O/c1-6-7-12(18)15(22)19-11-8-9-14-13(10-11)20-16(21(14)5)17(2,3)4/h8-10,12H,6-7,18H2,1-5H3,(H,19,22). The van der Waals surface area contributed by atoms with E-state index >= 15 is 0 Å². The van der Waals surface area contributed by atoms with Gasteiger partial charge < -0.3 is 15.6 Å². The van der Waals surface area contributed by atoms with Crippen LogP contribution in [-0.4, -0.2) is 21.5 Å². The van der Waals surface area contributed by atoms with Crippen LogP contribution in [0.3, 0.4) is 0 Å². The highest BCUT2D eigenvalue weighted by molar-refractivity contribution is 5.96. The lowest BCUT2D eigenvalue weighted by molar-refractivity contribution is -0.117. The van der Waals surface area contributed by atoms with Gasteiger partial charge in [0.05, 0.1) is 17.1 Å². The Kier molecular flexibility index (Phi) is 4.56. The fourth-order valence-corrected chi connectivity index (χ4v) is 2.63. The van der Waals surface area contributed by atoms with Crippen molar-refractivity contribution in [2.24, 2.45) is 12.8 Å². The Morgan fingerprint density at radius 2 is 2.09 bits per heavy atom. The lowest BCUT2D eigenvalue weighted by atomic mass is 9.96. The topological polar surface area (TPSA) is 72.9 Å². The average Bonchev–Trinajstić information content (AvgIpc) is 2.76. The number of aromatic nitrogens is 2. The highest BCUT2D eigenvalue weighted by atomic mass is 16.2. The first-order chi connectivity index (χ1) is 10.2. The molecular formula is C17H26N4O. The van der Waals surface area contributed by atoms with Crippen molar-refractivity contribution in [1.29, 1.82) is 0 Å². The molecule has 3 N–H and O–H groups in total. The summed E-state index contributed by atoms with van der Waals surface area (Å²) in [7, 11) is 2.02. The third kappa shape index (κ3) is 3.30. The second kappa shape index (κ2) is 6.08. The summed E-state index contributed by atoms with van der Waals surface area (Å²) in [6.07, 6.45) is 1.58. The van der Waals surface area contributed by atoms with Gasteiger partial charge in [-0.25, -0.2) is 4.98 Å². The van der Waals surface area contributed by atoms with Gasteiger partial charge in [-0.2, -0.15) is 0 Å². The molecule has 0 spiro atoms. The molecule has 0 radical (unpaired) electrons. The number of carbonyl (C=O) groups excluding carboxylic acids is 1. The molecular weight excluding hydrogens is 276 g/mol. The molecule has 5 nitrogen and oxygen atoms in total. The first-order valence-corrected chi connectivity index (χ1v) is 7.77. The maximum Gasteiger partial charge on any atom is 0.241 e. The van der Waals surface area contributed by atoms with Crippen molar-refractivity contribution in [3.05, 3.63) is 24.0 Å². The number of anilines is 1. The molecule has 0 saturated heterocycles. The number of amides is 1. The van der Waals surface area contributed by atoms with E-state index in [2.05, 4.69) is 30.7 Å². The molecule has 1 aromatic heterocycles. The SMILES string of the molecule is CCCC(N)C(=O)Nc1ccc2c(c1)nc(C(C)(C)C)n2C. The van der Waals surface area contributed by atoms with Gasteiger partial charge in [-0.3, -0.25) is 4.79 Å². The summed E-state index contributed by atoms with van der Waals surface area (Å²) in [5.74, 6) is 0.877. The molecule has 1 heterocycles. The van der Waals surface area contributed by atoms with Crippen molar-refractivity contribution in [1.82, 2.24) is 9.55 Å². The minimum absolute atomic E-state index is 0.0271. The maximum absolute atomic E-state index is 12.0. The Morgan fingerprint density at radius 3 is 2.68 bits per heavy atom. The van der Waals surface area contributed by atoms with E-state index in [1.807, 2.05) is 32.2 Å². The Morgan fingerprint density at radius 1 is 1.41 bits per heavy atom. The van der Waals surface area contributed by atoms with Gasteiger partial charge in [0.2, 0.25) is 5.91 Å². The number of rotatable bonds is 4. The number of hydrogen-bond acceptors (Lipinski definition) is 3. The van der Waals surface area contributed by atoms with Crippen molar-refractivity contribution < 1.29 is 4.79 Å². The largest absolute Gasteiger partial charge is 0.331 e. The summed E-state index contributed by atoms with van der Waals surface area (Å²) in [5, 5.41) is 2.87. The number of carbonyl (C=O) groups is 1. The summed E-state index contributed by atoms with van der Waals surface area (Å²) in [4.78, 5) is 16.7. The molecule has 0 bridgehead atoms. The molecule has 2 aromatic rings. The van der Waals surface area contributed by atoms with Crippen LogP contribution in [0.15, 0.2) is 18.2 Å². The van der Waals surface area contributed by atoms with Crippen LogP contribution in [0, 0.1) is 0 Å². The second-order valence-corrected chi connectivity index (χ2v) is 6.83. The summed E-state index contributed by atoms with van der Waals surface area (Å²) in [6.45, 7) is 8.43. The summed E-state index contributed by atoms with van der Waals surface area (Å²) >= 11 is 0. The first-order valence-electron chi connectivity index (χ1n) is 7.77. The quantitative estimate of drug-likeness (QED) is 0.912. The normalized spacial score (nSPS) is 13.4. The minimum atomic E-state index is -0.463. The molecule has 1 amide bonds. The van der Waals surface area contributed by atoms with Crippen molar-refractivity contribution in [2.45, 2.75) is 52.0 Å². The number of fused-ring (bicyclic) bond motifs is 1. The third-order valence-electron chi connectivity index (χ3n) is 3.76. The van der Waals surface area contributed by atoms with E-state index in [4.69, 9.17) is 10.7 Å². The van der Waals surface area contributed by atoms with Crippen LogP contribution in [0.2, 0.25) is 0 Å². The molecule has 0 aliphatic rings. The van der Waals surface area contributed by atoms with Gasteiger partial charge >= 0.3 is 0 Å². The lowest BCUT2D eigenvalue weighted by Gasteiger charge is -2.17. The van der Waals surface area contributed by atoms with Crippen LogP contribution < -0.4 is 11.1 Å². The smallest absolute Gasteiger partial charge is 0.241 e. The fraction of sp³-hybridized carbons (Fsp3) is 0.529. The minimum Gasteiger partial charge on any atom is -0.331 e. The van der Waals surface area contributed by atoms with Crippen molar-refractivity contribution in [3.63, 3.8) is 0 Å². The van der Waals surface area contributed by atoms with Gasteiger partial charge in [0.15, 0.2) is 0 Å². The number of imidazole rings is 1. The van der Waals surface area contributed by atoms with E-state index in [1.165, 1.54) is 0 Å². The molecule has 1 atom stereocenters. The number of nitrogens with one attached hydrogen (secondary N) is 1. The Labute approximate surface area is 131 Å². The van der Waals surface area contributed by atoms with Crippen LogP contribution in [0.1, 0.15) is 46.4 Å². The van der Waals surface area contributed by atoms with Crippen molar-refractivity contribution >= 4 is 22.6 Å². The Hall–Kier alpha value is -1.88. The number of nitrogens with two attached hydrogens (primary N) is 1. The highest BCUT2D eigenvalue weighted by Gasteiger charge is 2.21. The van der Waals surface area contributed by atoms with E-state index in [0.29, 0.717) is 6.42 Å². The van der Waals surface area contributed by atoms with E-state index < -0.39 is 6.04 Å². The molecule has 0 aliphatic heterocycles. The lowest BCUT2D eigenvalue weighted by Crippen LogP contribution is -2.35. The predicted molar refractivity (Wildman–Crippen MR) is 90.9 cm³/mol. The molecule has 120 valence electrons. The zero-order valence-electron chi connectivity index (χ0n) is 14.1. The van der Waals surface area contributed by atoms with Gasteiger partial charge in [-0.1, -0.05) is 34.1 Å². The van der Waals surface area contributed by atoms with Gasteiger partial charge in [0.25, 0.3) is 0 Å². The van der Waals surface area contributed by atoms with Crippen LogP contribution in [0.5, 0.6) is 0 Å². The summed E-state index contributed by atoms with van der Waals surface area (Å²) in [6, 6.07) is 5.32. The van der Waals surface area contributed by atoms with E-state index in [9.17, 15) is 4.79 Å². The molecule has 0 aliphatic carbocycles. The number of aryl methyl sites for hydroxylation is 1. The van der Waals surface area contributed by atoms with E-state index in [-0.39, 0.29) is 11.3 Å². The van der Waals surface area contributed by atoms with Crippen LogP contribution in [0.4, 0.5) is 5.69 Å². The van der Waals surface area contributed by atoms with Gasteiger partial charge in [0.1, 0.15) is 5.82 Å². The highest BCUT2D eigenvalue weighted by Crippen LogP contribution is 2.26. The Bertz CT molecular complexity index is 682. The van der Waals surface area contributed by atoms with Gasteiger partial charge in [0, 0.05) is 18.2 Å². The average molecular weight is 302 g/mol. The molecule has 0 fully saturated rings. The third-order valence-corrected chi connectivity index (χ3v) is 3.76. The molecule has 0 saturated carbocycles. The zero-order valence-corrected chi connectivity index (χ0v) is 14.1. The van der Waals surface area contributed by atoms with Crippen LogP contribution in [-0.2, 0) is 17.3 Å². The Balaban J connectivity index is 2.30. The van der Waals surface area contributed by atoms with Crippen molar-refractivity contribution in [3.8, 4) is 0 Å². The predicted octanol–water partition coefficient (Wildman–Crippen LogP) is 2.94. The van der Waals surface area contributed by atoms with Gasteiger partial charge in [-0.05, 0) is 24.6 Å². The van der Waals surface area contributed by atoms with E-state index in [1.54, 1.807) is 0 Å². The van der Waals surface area contributed by atoms with Gasteiger partial charge in [-0.15, -0.1) is 0 Å². The second-order valence-electron chi connectivity index (χ2n) is 6.83. The zero-order chi connectivity index (χ0) is 16.5. The molecule has 22 heavy (non-hydrogen) atoms. The number of benzene rings is 1. The maximum atomic E-state index is 12.0. The summed E-state index contributed by atoms with van der Waals surface area (Å²) in [5.41, 5.74) is 8.49. The van der Waals surface area contributed by atoms with Crippen molar-refractivity contribution in [2.75, 3.05) is 5.32 Å². The van der Waals surface area contributed by atoms with Crippen LogP contribution >= 0.6 is 0 Å². The van der Waals surface area contributed by atoms with Crippen LogP contribution in [0.25, 0.3) is 11.0 Å². The molecule has 1 unspecified atom stereocenters. The number of hydrogen-bond donors (Lipinski definition) is 2. The molecule has 1 aromatic carbocycles. The summed E-state index contributed by atoms with van der Waals surface area (Å²) < 4.78 is 2.10. The van der Waals surface area contributed by atoms with E-state index in [0.717, 1.165) is 29.0 Å². The molecule has 5 heteroatoms. The first kappa shape index (κ1) is 16.5.